The highest BCUT2D eigenvalue weighted by atomic mass is 32.1. The number of rotatable bonds is 5. The molecule has 0 amide bonds. The first kappa shape index (κ1) is 18.1. The number of halogens is 1. The summed E-state index contributed by atoms with van der Waals surface area (Å²) in [5, 5.41) is 16.3. The quantitative estimate of drug-likeness (QED) is 0.654. The maximum absolute atomic E-state index is 13.3. The molecule has 1 heterocycles. The van der Waals surface area contributed by atoms with Crippen LogP contribution in [0.15, 0.2) is 64.0 Å². The summed E-state index contributed by atoms with van der Waals surface area (Å²) >= 11 is 1.51. The number of hydrogen-bond donors (Lipinski definition) is 1. The van der Waals surface area contributed by atoms with Crippen molar-refractivity contribution in [2.75, 3.05) is 6.54 Å². The Morgan fingerprint density at radius 1 is 1.08 bits per heavy atom. The van der Waals surface area contributed by atoms with Crippen LogP contribution in [0.25, 0.3) is 11.3 Å². The van der Waals surface area contributed by atoms with Crippen LogP contribution in [0.4, 0.5) is 4.39 Å². The second-order valence-electron chi connectivity index (χ2n) is 5.64. The van der Waals surface area contributed by atoms with Crippen LogP contribution in [0.2, 0.25) is 0 Å². The fraction of sp³-hybridized carbons (Fsp3) is 0.200. The van der Waals surface area contributed by atoms with Crippen LogP contribution in [-0.2, 0) is 0 Å². The zero-order valence-electron chi connectivity index (χ0n) is 14.7. The summed E-state index contributed by atoms with van der Waals surface area (Å²) in [7, 11) is 0. The van der Waals surface area contributed by atoms with E-state index in [1.807, 2.05) is 36.0 Å². The van der Waals surface area contributed by atoms with Crippen molar-refractivity contribution in [2.24, 2.45) is 10.1 Å². The summed E-state index contributed by atoms with van der Waals surface area (Å²) in [5.41, 5.74) is 3.57. The monoisotopic (exact) mass is 369 g/mol. The fourth-order valence-electron chi connectivity index (χ4n) is 2.57. The van der Waals surface area contributed by atoms with Gasteiger partial charge in [0.15, 0.2) is 0 Å². The average Bonchev–Trinajstić information content (AvgIpc) is 3.04. The van der Waals surface area contributed by atoms with E-state index >= 15 is 0 Å². The molecule has 0 aliphatic heterocycles. The molecule has 0 saturated heterocycles. The normalized spacial score (nSPS) is 12.6. The molecule has 134 valence electrons. The Balaban J connectivity index is 2.15. The van der Waals surface area contributed by atoms with E-state index in [0.29, 0.717) is 6.54 Å². The number of nitrogens with zero attached hydrogens (tertiary/aromatic N) is 3. The number of phenols is 1. The molecular weight excluding hydrogens is 349 g/mol. The molecule has 0 aliphatic carbocycles. The first-order valence-corrected chi connectivity index (χ1v) is 9.34. The number of thiazole rings is 1. The Hall–Kier alpha value is -2.73. The van der Waals surface area contributed by atoms with Crippen molar-refractivity contribution in [3.63, 3.8) is 0 Å². The first-order chi connectivity index (χ1) is 12.6. The summed E-state index contributed by atoms with van der Waals surface area (Å²) in [4.78, 5) is 5.31. The van der Waals surface area contributed by atoms with Gasteiger partial charge in [-0.2, -0.15) is 5.10 Å². The van der Waals surface area contributed by atoms with E-state index in [-0.39, 0.29) is 11.6 Å². The Morgan fingerprint density at radius 3 is 2.38 bits per heavy atom. The second kappa shape index (κ2) is 8.10. The van der Waals surface area contributed by atoms with Crippen LogP contribution in [0.3, 0.4) is 0 Å². The third-order valence-corrected chi connectivity index (χ3v) is 4.73. The summed E-state index contributed by atoms with van der Waals surface area (Å²) in [6, 6.07) is 13.4. The molecule has 0 aliphatic rings. The first-order valence-electron chi connectivity index (χ1n) is 8.46. The van der Waals surface area contributed by atoms with Gasteiger partial charge in [0, 0.05) is 17.5 Å². The lowest BCUT2D eigenvalue weighted by Gasteiger charge is -2.08. The molecule has 0 radical (unpaired) electrons. The minimum atomic E-state index is -0.268. The molecular formula is C20H20FN3OS. The number of aromatic nitrogens is 1. The standard InChI is InChI=1S/C20H20FN3OS/c1-3-18(14-7-11-17(25)12-8-14)23-24-19(13-26-20(24)22-4-2)15-5-9-16(21)10-6-15/h5-13,25H,3-4H2,1-2H3. The molecule has 26 heavy (non-hydrogen) atoms. The Bertz CT molecular complexity index is 970. The molecule has 1 N–H and O–H groups in total. The zero-order valence-corrected chi connectivity index (χ0v) is 15.5. The lowest BCUT2D eigenvalue weighted by Crippen LogP contribution is -2.15. The average molecular weight is 369 g/mol. The van der Waals surface area contributed by atoms with Crippen molar-refractivity contribution < 1.29 is 9.50 Å². The van der Waals surface area contributed by atoms with E-state index in [9.17, 15) is 9.50 Å². The molecule has 6 heteroatoms. The van der Waals surface area contributed by atoms with Gasteiger partial charge in [0.25, 0.3) is 0 Å². The van der Waals surface area contributed by atoms with Crippen LogP contribution in [0.5, 0.6) is 5.75 Å². The minimum Gasteiger partial charge on any atom is -0.508 e. The summed E-state index contributed by atoms with van der Waals surface area (Å²) in [5.74, 6) is -0.0445. The predicted molar refractivity (Wildman–Crippen MR) is 104 cm³/mol. The van der Waals surface area contributed by atoms with Crippen LogP contribution >= 0.6 is 11.3 Å². The molecule has 1 aromatic heterocycles. The lowest BCUT2D eigenvalue weighted by atomic mass is 10.1. The molecule has 0 bridgehead atoms. The summed E-state index contributed by atoms with van der Waals surface area (Å²) in [6.45, 7) is 4.67. The molecule has 0 atom stereocenters. The lowest BCUT2D eigenvalue weighted by molar-refractivity contribution is 0.475. The van der Waals surface area contributed by atoms with E-state index in [4.69, 9.17) is 5.10 Å². The number of benzene rings is 2. The molecule has 3 aromatic rings. The van der Waals surface area contributed by atoms with Crippen LogP contribution in [-0.4, -0.2) is 22.0 Å². The van der Waals surface area contributed by atoms with Crippen molar-refractivity contribution in [1.82, 2.24) is 4.68 Å². The Morgan fingerprint density at radius 2 is 1.77 bits per heavy atom. The Kier molecular flexibility index (Phi) is 5.63. The summed E-state index contributed by atoms with van der Waals surface area (Å²) in [6.07, 6.45) is 0.724. The molecule has 0 fully saturated rings. The largest absolute Gasteiger partial charge is 0.508 e. The maximum Gasteiger partial charge on any atom is 0.206 e. The fourth-order valence-corrected chi connectivity index (χ4v) is 3.46. The van der Waals surface area contributed by atoms with Crippen molar-refractivity contribution in [3.8, 4) is 17.0 Å². The number of phenolic OH excluding ortho intramolecular Hbond substituents is 1. The zero-order chi connectivity index (χ0) is 18.5. The van der Waals surface area contributed by atoms with E-state index in [1.54, 1.807) is 24.3 Å². The SMILES string of the molecule is CCN=c1scc(-c2ccc(F)cc2)n1N=C(CC)c1ccc(O)cc1. The number of aromatic hydroxyl groups is 1. The Labute approximate surface area is 155 Å². The highest BCUT2D eigenvalue weighted by molar-refractivity contribution is 7.07. The number of hydrogen-bond acceptors (Lipinski definition) is 4. The van der Waals surface area contributed by atoms with Gasteiger partial charge in [-0.25, -0.2) is 9.07 Å². The maximum atomic E-state index is 13.3. The third kappa shape index (κ3) is 3.91. The second-order valence-corrected chi connectivity index (χ2v) is 6.48. The van der Waals surface area contributed by atoms with Gasteiger partial charge in [-0.3, -0.25) is 4.99 Å². The topological polar surface area (TPSA) is 49.9 Å². The van der Waals surface area contributed by atoms with Gasteiger partial charge in [0.2, 0.25) is 4.80 Å². The van der Waals surface area contributed by atoms with Crippen molar-refractivity contribution in [3.05, 3.63) is 70.1 Å². The third-order valence-electron chi connectivity index (χ3n) is 3.87. The van der Waals surface area contributed by atoms with Crippen LogP contribution < -0.4 is 4.80 Å². The molecule has 4 nitrogen and oxygen atoms in total. The minimum absolute atomic E-state index is 0.223. The van der Waals surface area contributed by atoms with Gasteiger partial charge in [-0.15, -0.1) is 11.3 Å². The van der Waals surface area contributed by atoms with Gasteiger partial charge in [-0.1, -0.05) is 6.92 Å². The molecule has 0 saturated carbocycles. The van der Waals surface area contributed by atoms with Crippen molar-refractivity contribution >= 4 is 17.0 Å². The molecule has 2 aromatic carbocycles. The van der Waals surface area contributed by atoms with E-state index in [2.05, 4.69) is 4.99 Å². The van der Waals surface area contributed by atoms with Gasteiger partial charge >= 0.3 is 0 Å². The van der Waals surface area contributed by atoms with Gasteiger partial charge < -0.3 is 5.11 Å². The van der Waals surface area contributed by atoms with Crippen LogP contribution in [0, 0.1) is 5.82 Å². The molecule has 0 spiro atoms. The molecule has 3 rings (SSSR count). The van der Waals surface area contributed by atoms with E-state index < -0.39 is 0 Å². The molecule has 0 unspecified atom stereocenters. The van der Waals surface area contributed by atoms with Crippen LogP contribution in [0.1, 0.15) is 25.8 Å². The highest BCUT2D eigenvalue weighted by Crippen LogP contribution is 2.21. The van der Waals surface area contributed by atoms with Crippen molar-refractivity contribution in [1.29, 1.82) is 0 Å². The highest BCUT2D eigenvalue weighted by Gasteiger charge is 2.10. The van der Waals surface area contributed by atoms with Gasteiger partial charge in [0.1, 0.15) is 11.6 Å². The smallest absolute Gasteiger partial charge is 0.206 e. The van der Waals surface area contributed by atoms with E-state index in [1.165, 1.54) is 23.5 Å². The van der Waals surface area contributed by atoms with E-state index in [0.717, 1.165) is 33.8 Å². The predicted octanol–water partition coefficient (Wildman–Crippen LogP) is 4.64. The van der Waals surface area contributed by atoms with Crippen molar-refractivity contribution in [2.45, 2.75) is 20.3 Å². The van der Waals surface area contributed by atoms with Gasteiger partial charge in [-0.05, 0) is 67.4 Å². The van der Waals surface area contributed by atoms with Gasteiger partial charge in [0.05, 0.1) is 11.4 Å². The summed E-state index contributed by atoms with van der Waals surface area (Å²) < 4.78 is 15.1.